The number of benzene rings is 1. The van der Waals surface area contributed by atoms with Crippen molar-refractivity contribution in [3.8, 4) is 0 Å². The van der Waals surface area contributed by atoms with Crippen LogP contribution in [-0.4, -0.2) is 13.1 Å². The van der Waals surface area contributed by atoms with Gasteiger partial charge in [-0.05, 0) is 69.4 Å². The second-order valence-corrected chi connectivity index (χ2v) is 6.88. The lowest BCUT2D eigenvalue weighted by molar-refractivity contribution is 0.299. The van der Waals surface area contributed by atoms with Crippen LogP contribution in [0.25, 0.3) is 0 Å². The molecular formula is C21H33N. The van der Waals surface area contributed by atoms with Gasteiger partial charge in [0.15, 0.2) is 0 Å². The summed E-state index contributed by atoms with van der Waals surface area (Å²) in [7, 11) is 2.11. The van der Waals surface area contributed by atoms with Crippen LogP contribution in [0.4, 0.5) is 0 Å². The average molecular weight is 300 g/mol. The summed E-state index contributed by atoms with van der Waals surface area (Å²) in [6.07, 6.45) is 11.8. The van der Waals surface area contributed by atoms with E-state index in [-0.39, 0.29) is 0 Å². The third-order valence-electron chi connectivity index (χ3n) is 5.43. The van der Waals surface area contributed by atoms with Gasteiger partial charge in [0.1, 0.15) is 0 Å². The molecule has 1 fully saturated rings. The monoisotopic (exact) mass is 299 g/mol. The van der Waals surface area contributed by atoms with Crippen LogP contribution in [0, 0.1) is 11.8 Å². The number of rotatable bonds is 8. The highest BCUT2D eigenvalue weighted by Gasteiger charge is 2.23. The summed E-state index contributed by atoms with van der Waals surface area (Å²) in [5, 5.41) is 3.53. The van der Waals surface area contributed by atoms with Gasteiger partial charge in [-0.1, -0.05) is 55.8 Å². The molecule has 0 saturated heterocycles. The minimum atomic E-state index is 0.624. The maximum Gasteiger partial charge on any atom is 0.00926 e. The molecule has 0 radical (unpaired) electrons. The van der Waals surface area contributed by atoms with Crippen molar-refractivity contribution in [1.82, 2.24) is 5.32 Å². The van der Waals surface area contributed by atoms with Crippen LogP contribution in [0.3, 0.4) is 0 Å². The number of nitrogens with one attached hydrogen (secondary N) is 1. The standard InChI is InChI=1S/C21H33N/c1-4-21(22-3)17(2)20(16-19-12-8-9-13-19)15-14-18-10-6-5-7-11-18/h5-7,10-11,16-17,20-22H,4,8-9,12-15H2,1-3H3/t17?,20-,21-/m0/s1. The van der Waals surface area contributed by atoms with Crippen LogP contribution < -0.4 is 5.32 Å². The molecule has 1 aliphatic rings. The zero-order valence-electron chi connectivity index (χ0n) is 14.6. The van der Waals surface area contributed by atoms with E-state index < -0.39 is 0 Å². The lowest BCUT2D eigenvalue weighted by atomic mass is 9.81. The summed E-state index contributed by atoms with van der Waals surface area (Å²) in [6.45, 7) is 4.74. The van der Waals surface area contributed by atoms with Crippen molar-refractivity contribution in [3.05, 3.63) is 47.5 Å². The Balaban J connectivity index is 2.05. The van der Waals surface area contributed by atoms with Gasteiger partial charge in [0.2, 0.25) is 0 Å². The summed E-state index contributed by atoms with van der Waals surface area (Å²) < 4.78 is 0. The molecule has 0 aromatic heterocycles. The fourth-order valence-electron chi connectivity index (χ4n) is 3.91. The van der Waals surface area contributed by atoms with Crippen molar-refractivity contribution in [3.63, 3.8) is 0 Å². The molecule has 1 nitrogen and oxygen atoms in total. The highest BCUT2D eigenvalue weighted by Crippen LogP contribution is 2.31. The van der Waals surface area contributed by atoms with Crippen molar-refractivity contribution in [2.75, 3.05) is 7.05 Å². The molecule has 1 aliphatic carbocycles. The summed E-state index contributed by atoms with van der Waals surface area (Å²) in [5.74, 6) is 1.40. The summed E-state index contributed by atoms with van der Waals surface area (Å²) in [4.78, 5) is 0. The van der Waals surface area contributed by atoms with E-state index in [1.807, 2.05) is 0 Å². The Morgan fingerprint density at radius 1 is 1.14 bits per heavy atom. The molecule has 1 aromatic carbocycles. The molecule has 22 heavy (non-hydrogen) atoms. The van der Waals surface area contributed by atoms with Crippen molar-refractivity contribution >= 4 is 0 Å². The number of hydrogen-bond acceptors (Lipinski definition) is 1. The second kappa shape index (κ2) is 9.15. The first kappa shape index (κ1) is 17.3. The molecule has 1 aromatic rings. The van der Waals surface area contributed by atoms with Crippen molar-refractivity contribution in [1.29, 1.82) is 0 Å². The maximum absolute atomic E-state index is 3.53. The molecule has 1 unspecified atom stereocenters. The van der Waals surface area contributed by atoms with Crippen LogP contribution in [0.2, 0.25) is 0 Å². The molecule has 0 aliphatic heterocycles. The molecule has 0 amide bonds. The quantitative estimate of drug-likeness (QED) is 0.636. The second-order valence-electron chi connectivity index (χ2n) is 6.88. The Morgan fingerprint density at radius 2 is 1.82 bits per heavy atom. The fraction of sp³-hybridized carbons (Fsp3) is 0.619. The van der Waals surface area contributed by atoms with Gasteiger partial charge in [-0.15, -0.1) is 0 Å². The third-order valence-corrected chi connectivity index (χ3v) is 5.43. The predicted molar refractivity (Wildman–Crippen MR) is 97.1 cm³/mol. The van der Waals surface area contributed by atoms with Gasteiger partial charge in [-0.25, -0.2) is 0 Å². The predicted octanol–water partition coefficient (Wildman–Crippen LogP) is 5.37. The highest BCUT2D eigenvalue weighted by molar-refractivity contribution is 5.16. The van der Waals surface area contributed by atoms with Gasteiger partial charge in [0.25, 0.3) is 0 Å². The lowest BCUT2D eigenvalue weighted by Crippen LogP contribution is -2.35. The van der Waals surface area contributed by atoms with Crippen molar-refractivity contribution in [2.45, 2.75) is 64.8 Å². The van der Waals surface area contributed by atoms with Gasteiger partial charge in [0, 0.05) is 6.04 Å². The van der Waals surface area contributed by atoms with E-state index in [9.17, 15) is 0 Å². The number of allylic oxidation sites excluding steroid dienone is 2. The van der Waals surface area contributed by atoms with E-state index >= 15 is 0 Å². The largest absolute Gasteiger partial charge is 0.317 e. The van der Waals surface area contributed by atoms with E-state index in [0.717, 1.165) is 0 Å². The molecule has 0 bridgehead atoms. The van der Waals surface area contributed by atoms with E-state index in [0.29, 0.717) is 17.9 Å². The van der Waals surface area contributed by atoms with E-state index in [2.05, 4.69) is 62.6 Å². The lowest BCUT2D eigenvalue weighted by Gasteiger charge is -2.29. The highest BCUT2D eigenvalue weighted by atomic mass is 14.9. The van der Waals surface area contributed by atoms with Gasteiger partial charge in [0.05, 0.1) is 0 Å². The van der Waals surface area contributed by atoms with Crippen LogP contribution in [0.15, 0.2) is 42.0 Å². The van der Waals surface area contributed by atoms with Crippen molar-refractivity contribution in [2.24, 2.45) is 11.8 Å². The van der Waals surface area contributed by atoms with Crippen LogP contribution in [-0.2, 0) is 6.42 Å². The summed E-state index contributed by atoms with van der Waals surface area (Å²) in [5.41, 5.74) is 3.19. The SMILES string of the molecule is CC[C@H](NC)C(C)[C@H](C=C1CCCC1)CCc1ccccc1. The topological polar surface area (TPSA) is 12.0 Å². The molecule has 1 N–H and O–H groups in total. The first-order valence-corrected chi connectivity index (χ1v) is 9.15. The van der Waals surface area contributed by atoms with Gasteiger partial charge in [-0.3, -0.25) is 0 Å². The molecule has 0 spiro atoms. The number of hydrogen-bond donors (Lipinski definition) is 1. The normalized spacial score (nSPS) is 19.0. The Morgan fingerprint density at radius 3 is 2.41 bits per heavy atom. The first-order valence-electron chi connectivity index (χ1n) is 9.15. The van der Waals surface area contributed by atoms with Crippen LogP contribution in [0.5, 0.6) is 0 Å². The molecule has 3 atom stereocenters. The molecule has 1 heteroatoms. The Hall–Kier alpha value is -1.08. The van der Waals surface area contributed by atoms with Crippen LogP contribution >= 0.6 is 0 Å². The molecule has 122 valence electrons. The number of aryl methyl sites for hydroxylation is 1. The maximum atomic E-state index is 3.53. The molecular weight excluding hydrogens is 266 g/mol. The summed E-state index contributed by atoms with van der Waals surface area (Å²) in [6, 6.07) is 11.6. The minimum Gasteiger partial charge on any atom is -0.317 e. The zero-order valence-corrected chi connectivity index (χ0v) is 14.6. The van der Waals surface area contributed by atoms with Gasteiger partial charge < -0.3 is 5.32 Å². The summed E-state index contributed by atoms with van der Waals surface area (Å²) >= 11 is 0. The third kappa shape index (κ3) is 4.98. The fourth-order valence-corrected chi connectivity index (χ4v) is 3.91. The zero-order chi connectivity index (χ0) is 15.8. The van der Waals surface area contributed by atoms with E-state index in [1.165, 1.54) is 50.5 Å². The van der Waals surface area contributed by atoms with E-state index in [4.69, 9.17) is 0 Å². The van der Waals surface area contributed by atoms with Gasteiger partial charge in [-0.2, -0.15) is 0 Å². The van der Waals surface area contributed by atoms with Crippen LogP contribution in [0.1, 0.15) is 57.9 Å². The Kier molecular flexibility index (Phi) is 7.18. The first-order chi connectivity index (χ1) is 10.7. The Labute approximate surface area is 137 Å². The van der Waals surface area contributed by atoms with E-state index in [1.54, 1.807) is 5.57 Å². The van der Waals surface area contributed by atoms with Crippen molar-refractivity contribution < 1.29 is 0 Å². The Bertz CT molecular complexity index is 436. The smallest absolute Gasteiger partial charge is 0.00926 e. The molecule has 1 saturated carbocycles. The molecule has 0 heterocycles. The van der Waals surface area contributed by atoms with Gasteiger partial charge >= 0.3 is 0 Å². The average Bonchev–Trinajstić information content (AvgIpc) is 3.06. The minimum absolute atomic E-state index is 0.624. The molecule has 2 rings (SSSR count).